The van der Waals surface area contributed by atoms with Crippen LogP contribution in [-0.4, -0.2) is 16.5 Å². The number of halogens is 1. The first-order valence-corrected chi connectivity index (χ1v) is 9.10. The molecule has 0 aromatic carbocycles. The van der Waals surface area contributed by atoms with Gasteiger partial charge in [0.05, 0.1) is 10.2 Å². The van der Waals surface area contributed by atoms with Crippen LogP contribution in [0.2, 0.25) is 0 Å². The summed E-state index contributed by atoms with van der Waals surface area (Å²) in [6.07, 6.45) is 6.07. The molecule has 118 valence electrons. The Bertz CT molecular complexity index is 465. The molecule has 21 heavy (non-hydrogen) atoms. The number of hydrogen-bond donors (Lipinski definition) is 1. The number of nitrogens with zero attached hydrogens (tertiary/aromatic N) is 2. The third kappa shape index (κ3) is 4.41. The van der Waals surface area contributed by atoms with Crippen molar-refractivity contribution in [1.82, 2.24) is 9.97 Å². The van der Waals surface area contributed by atoms with Gasteiger partial charge < -0.3 is 5.32 Å². The fraction of sp³-hybridized carbons (Fsp3) is 0.765. The van der Waals surface area contributed by atoms with Gasteiger partial charge in [-0.2, -0.15) is 0 Å². The molecule has 0 amide bonds. The highest BCUT2D eigenvalue weighted by Crippen LogP contribution is 2.36. The molecular formula is C17H28BrN3. The predicted molar refractivity (Wildman–Crippen MR) is 92.8 cm³/mol. The zero-order chi connectivity index (χ0) is 15.4. The quantitative estimate of drug-likeness (QED) is 0.793. The van der Waals surface area contributed by atoms with Crippen LogP contribution >= 0.6 is 15.9 Å². The minimum absolute atomic E-state index is 0.539. The lowest BCUT2D eigenvalue weighted by atomic mass is 9.82. The molecule has 2 rings (SSSR count). The van der Waals surface area contributed by atoms with Gasteiger partial charge in [0.1, 0.15) is 11.6 Å². The predicted octanol–water partition coefficient (Wildman–Crippen LogP) is 5.16. The van der Waals surface area contributed by atoms with E-state index < -0.39 is 0 Å². The molecule has 1 N–H and O–H groups in total. The first-order valence-electron chi connectivity index (χ1n) is 8.31. The topological polar surface area (TPSA) is 37.8 Å². The van der Waals surface area contributed by atoms with Crippen LogP contribution in [0.25, 0.3) is 0 Å². The monoisotopic (exact) mass is 353 g/mol. The molecule has 0 bridgehead atoms. The maximum absolute atomic E-state index is 4.91. The zero-order valence-corrected chi connectivity index (χ0v) is 15.3. The Hall–Kier alpha value is -0.640. The Labute approximate surface area is 137 Å². The highest BCUT2D eigenvalue weighted by atomic mass is 79.9. The van der Waals surface area contributed by atoms with E-state index in [1.807, 2.05) is 0 Å². The van der Waals surface area contributed by atoms with Crippen molar-refractivity contribution in [2.75, 3.05) is 11.9 Å². The minimum Gasteiger partial charge on any atom is -0.369 e. The van der Waals surface area contributed by atoms with Crippen molar-refractivity contribution in [3.05, 3.63) is 16.0 Å². The molecular weight excluding hydrogens is 326 g/mol. The van der Waals surface area contributed by atoms with Gasteiger partial charge in [-0.25, -0.2) is 9.97 Å². The van der Waals surface area contributed by atoms with Crippen LogP contribution in [0.15, 0.2) is 4.47 Å². The average Bonchev–Trinajstić information content (AvgIpc) is 2.43. The molecule has 1 fully saturated rings. The molecule has 3 nitrogen and oxygen atoms in total. The molecule has 1 aliphatic rings. The number of aromatic nitrogens is 2. The van der Waals surface area contributed by atoms with E-state index in [2.05, 4.69) is 48.9 Å². The SMILES string of the molecule is CCNc1nc(C2CCC(C)CC2)nc(CC(C)C)c1Br. The van der Waals surface area contributed by atoms with Crippen LogP contribution < -0.4 is 5.32 Å². The number of nitrogens with one attached hydrogen (secondary N) is 1. The molecule has 1 saturated carbocycles. The molecule has 0 atom stereocenters. The average molecular weight is 354 g/mol. The van der Waals surface area contributed by atoms with Gasteiger partial charge >= 0.3 is 0 Å². The largest absolute Gasteiger partial charge is 0.369 e. The van der Waals surface area contributed by atoms with E-state index in [9.17, 15) is 0 Å². The van der Waals surface area contributed by atoms with Crippen LogP contribution in [0.5, 0.6) is 0 Å². The maximum atomic E-state index is 4.91. The summed E-state index contributed by atoms with van der Waals surface area (Å²) in [5.74, 6) is 4.02. The summed E-state index contributed by atoms with van der Waals surface area (Å²) in [5.41, 5.74) is 1.16. The summed E-state index contributed by atoms with van der Waals surface area (Å²) in [4.78, 5) is 9.72. The van der Waals surface area contributed by atoms with Gasteiger partial charge in [-0.15, -0.1) is 0 Å². The normalized spacial score (nSPS) is 22.6. The van der Waals surface area contributed by atoms with E-state index in [4.69, 9.17) is 9.97 Å². The van der Waals surface area contributed by atoms with Gasteiger partial charge in [0.15, 0.2) is 0 Å². The fourth-order valence-electron chi connectivity index (χ4n) is 3.02. The lowest BCUT2D eigenvalue weighted by Crippen LogP contribution is -2.16. The van der Waals surface area contributed by atoms with Crippen molar-refractivity contribution in [3.63, 3.8) is 0 Å². The molecule has 0 unspecified atom stereocenters. The van der Waals surface area contributed by atoms with E-state index >= 15 is 0 Å². The molecule has 1 aromatic heterocycles. The summed E-state index contributed by atoms with van der Waals surface area (Å²) in [7, 11) is 0. The highest BCUT2D eigenvalue weighted by Gasteiger charge is 2.24. The van der Waals surface area contributed by atoms with Gasteiger partial charge in [-0.3, -0.25) is 0 Å². The third-order valence-corrected chi connectivity index (χ3v) is 5.10. The van der Waals surface area contributed by atoms with Crippen molar-refractivity contribution in [1.29, 1.82) is 0 Å². The van der Waals surface area contributed by atoms with Crippen LogP contribution in [-0.2, 0) is 6.42 Å². The van der Waals surface area contributed by atoms with Crippen LogP contribution in [0.4, 0.5) is 5.82 Å². The summed E-state index contributed by atoms with van der Waals surface area (Å²) >= 11 is 3.69. The molecule has 1 aromatic rings. The summed E-state index contributed by atoms with van der Waals surface area (Å²) in [5, 5.41) is 3.38. The Morgan fingerprint density at radius 1 is 1.19 bits per heavy atom. The second kappa shape index (κ2) is 7.57. The lowest BCUT2D eigenvalue weighted by molar-refractivity contribution is 0.339. The van der Waals surface area contributed by atoms with Crippen molar-refractivity contribution in [2.45, 2.75) is 65.7 Å². The molecule has 1 aliphatic carbocycles. The molecule has 4 heteroatoms. The van der Waals surface area contributed by atoms with E-state index in [1.54, 1.807) is 0 Å². The van der Waals surface area contributed by atoms with E-state index in [0.717, 1.165) is 40.7 Å². The van der Waals surface area contributed by atoms with E-state index in [0.29, 0.717) is 11.8 Å². The molecule has 1 heterocycles. The van der Waals surface area contributed by atoms with E-state index in [-0.39, 0.29) is 0 Å². The van der Waals surface area contributed by atoms with E-state index in [1.165, 1.54) is 25.7 Å². The van der Waals surface area contributed by atoms with Gasteiger partial charge in [0, 0.05) is 12.5 Å². The summed E-state index contributed by atoms with van der Waals surface area (Å²) < 4.78 is 1.05. The van der Waals surface area contributed by atoms with Gasteiger partial charge in [-0.05, 0) is 54.0 Å². The van der Waals surface area contributed by atoms with Crippen molar-refractivity contribution >= 4 is 21.7 Å². The molecule has 0 aliphatic heterocycles. The third-order valence-electron chi connectivity index (χ3n) is 4.26. The molecule has 0 spiro atoms. The number of hydrogen-bond acceptors (Lipinski definition) is 3. The number of anilines is 1. The first-order chi connectivity index (χ1) is 10.0. The van der Waals surface area contributed by atoms with Gasteiger partial charge in [-0.1, -0.05) is 33.6 Å². The second-order valence-electron chi connectivity index (χ2n) is 6.78. The Morgan fingerprint density at radius 2 is 1.86 bits per heavy atom. The van der Waals surface area contributed by atoms with Crippen molar-refractivity contribution in [3.8, 4) is 0 Å². The second-order valence-corrected chi connectivity index (χ2v) is 7.57. The minimum atomic E-state index is 0.539. The maximum Gasteiger partial charge on any atom is 0.144 e. The smallest absolute Gasteiger partial charge is 0.144 e. The van der Waals surface area contributed by atoms with Crippen molar-refractivity contribution < 1.29 is 0 Å². The van der Waals surface area contributed by atoms with Gasteiger partial charge in [0.25, 0.3) is 0 Å². The fourth-order valence-corrected chi connectivity index (χ4v) is 3.50. The Balaban J connectivity index is 2.29. The van der Waals surface area contributed by atoms with Crippen molar-refractivity contribution in [2.24, 2.45) is 11.8 Å². The molecule has 0 saturated heterocycles. The lowest BCUT2D eigenvalue weighted by Gasteiger charge is -2.26. The summed E-state index contributed by atoms with van der Waals surface area (Å²) in [6.45, 7) is 9.83. The first kappa shape index (κ1) is 16.7. The highest BCUT2D eigenvalue weighted by molar-refractivity contribution is 9.10. The number of rotatable bonds is 5. The zero-order valence-electron chi connectivity index (χ0n) is 13.7. The van der Waals surface area contributed by atoms with Gasteiger partial charge in [0.2, 0.25) is 0 Å². The standard InChI is InChI=1S/C17H28BrN3/c1-5-19-17-15(18)14(10-11(2)3)20-16(21-17)13-8-6-12(4)7-9-13/h11-13H,5-10H2,1-4H3,(H,19,20,21). The molecule has 0 radical (unpaired) electrons. The summed E-state index contributed by atoms with van der Waals surface area (Å²) in [6, 6.07) is 0. The Kier molecular flexibility index (Phi) is 6.03. The van der Waals surface area contributed by atoms with Crippen LogP contribution in [0.1, 0.15) is 70.8 Å². The Morgan fingerprint density at radius 3 is 2.43 bits per heavy atom. The van der Waals surface area contributed by atoms with Crippen LogP contribution in [0.3, 0.4) is 0 Å². The van der Waals surface area contributed by atoms with Crippen LogP contribution in [0, 0.1) is 11.8 Å².